The van der Waals surface area contributed by atoms with Crippen molar-refractivity contribution in [3.8, 4) is 0 Å². The molecule has 0 saturated carbocycles. The van der Waals surface area contributed by atoms with E-state index in [4.69, 9.17) is 9.05 Å². The molecule has 8 heteroatoms. The maximum absolute atomic E-state index is 12.0. The van der Waals surface area contributed by atoms with E-state index in [2.05, 4.69) is 0 Å². The zero-order valence-corrected chi connectivity index (χ0v) is 11.7. The molecule has 106 valence electrons. The average molecular weight is 289 g/mol. The van der Waals surface area contributed by atoms with E-state index in [9.17, 15) is 19.8 Å². The Morgan fingerprint density at radius 1 is 1.26 bits per heavy atom. The van der Waals surface area contributed by atoms with Crippen LogP contribution in [0.1, 0.15) is 18.4 Å². The zero-order chi connectivity index (χ0) is 14.6. The minimum absolute atomic E-state index is 0.0490. The van der Waals surface area contributed by atoms with Crippen LogP contribution in [0.4, 0.5) is 5.69 Å². The minimum atomic E-state index is -3.60. The Morgan fingerprint density at radius 2 is 1.74 bits per heavy atom. The molecule has 0 aliphatic heterocycles. The van der Waals surface area contributed by atoms with Gasteiger partial charge in [0.25, 0.3) is 5.69 Å². The van der Waals surface area contributed by atoms with Crippen LogP contribution in [0.15, 0.2) is 24.3 Å². The van der Waals surface area contributed by atoms with Crippen molar-refractivity contribution in [1.82, 2.24) is 0 Å². The summed E-state index contributed by atoms with van der Waals surface area (Å²) in [6.07, 6.45) is 0. The number of benzene rings is 1. The summed E-state index contributed by atoms with van der Waals surface area (Å²) in [5, 5.41) is 20.6. The van der Waals surface area contributed by atoms with Crippen LogP contribution in [0.25, 0.3) is 0 Å². The van der Waals surface area contributed by atoms with E-state index in [1.807, 2.05) is 0 Å². The quantitative estimate of drug-likeness (QED) is 0.490. The standard InChI is InChI=1S/C11H16NO6P/c1-8(11(13)19(16,17-2)18-3)9-4-6-10(7-5-9)12(14)15/h4-8,11,13H,1-3H3/t8-,11+/m0/s1. The molecule has 0 heterocycles. The van der Waals surface area contributed by atoms with Crippen LogP contribution in [0.3, 0.4) is 0 Å². The largest absolute Gasteiger partial charge is 0.380 e. The highest BCUT2D eigenvalue weighted by molar-refractivity contribution is 7.54. The fraction of sp³-hybridized carbons (Fsp3) is 0.455. The van der Waals surface area contributed by atoms with Gasteiger partial charge in [0.1, 0.15) is 0 Å². The van der Waals surface area contributed by atoms with Gasteiger partial charge in [-0.2, -0.15) is 0 Å². The number of non-ortho nitro benzene ring substituents is 1. The van der Waals surface area contributed by atoms with Gasteiger partial charge in [0.05, 0.1) is 4.92 Å². The van der Waals surface area contributed by atoms with Crippen molar-refractivity contribution < 1.29 is 23.6 Å². The highest BCUT2D eigenvalue weighted by Crippen LogP contribution is 2.54. The molecule has 0 aliphatic rings. The molecular formula is C11H16NO6P. The number of nitrogens with zero attached hydrogens (tertiary/aromatic N) is 1. The Kier molecular flexibility index (Phi) is 5.20. The molecule has 1 aromatic carbocycles. The summed E-state index contributed by atoms with van der Waals surface area (Å²) in [6.45, 7) is 1.64. The van der Waals surface area contributed by atoms with Crippen LogP contribution in [0.2, 0.25) is 0 Å². The lowest BCUT2D eigenvalue weighted by Crippen LogP contribution is -2.18. The topological polar surface area (TPSA) is 98.9 Å². The monoisotopic (exact) mass is 289 g/mol. The van der Waals surface area contributed by atoms with Crippen LogP contribution in [0, 0.1) is 10.1 Å². The molecule has 0 aromatic heterocycles. The van der Waals surface area contributed by atoms with Crippen LogP contribution >= 0.6 is 7.60 Å². The van der Waals surface area contributed by atoms with Gasteiger partial charge >= 0.3 is 7.60 Å². The van der Waals surface area contributed by atoms with Gasteiger partial charge in [-0.1, -0.05) is 19.1 Å². The first-order valence-electron chi connectivity index (χ1n) is 5.49. The van der Waals surface area contributed by atoms with E-state index < -0.39 is 24.3 Å². The molecule has 1 rings (SSSR count). The number of aliphatic hydroxyl groups is 1. The second kappa shape index (κ2) is 6.25. The van der Waals surface area contributed by atoms with Crippen molar-refractivity contribution in [2.24, 2.45) is 0 Å². The summed E-state index contributed by atoms with van der Waals surface area (Å²) in [6, 6.07) is 5.65. The van der Waals surface area contributed by atoms with Gasteiger partial charge < -0.3 is 14.2 Å². The smallest absolute Gasteiger partial charge is 0.358 e. The van der Waals surface area contributed by atoms with Crippen molar-refractivity contribution in [3.05, 3.63) is 39.9 Å². The van der Waals surface area contributed by atoms with Gasteiger partial charge in [0, 0.05) is 32.3 Å². The normalized spacial score (nSPS) is 14.9. The second-order valence-electron chi connectivity index (χ2n) is 3.96. The van der Waals surface area contributed by atoms with E-state index >= 15 is 0 Å². The summed E-state index contributed by atoms with van der Waals surface area (Å²) in [4.78, 5) is 10.0. The molecule has 0 unspecified atom stereocenters. The molecule has 19 heavy (non-hydrogen) atoms. The molecule has 0 amide bonds. The second-order valence-corrected chi connectivity index (χ2v) is 6.29. The molecule has 0 spiro atoms. The SMILES string of the molecule is COP(=O)(OC)[C@@H](O)[C@@H](C)c1ccc([N+](=O)[O-])cc1. The predicted octanol–water partition coefficient (Wildman–Crippen LogP) is 2.50. The number of rotatable bonds is 6. The Hall–Kier alpha value is -1.27. The van der Waals surface area contributed by atoms with Crippen molar-refractivity contribution >= 4 is 13.3 Å². The molecule has 1 N–H and O–H groups in total. The van der Waals surface area contributed by atoms with Crippen LogP contribution < -0.4 is 0 Å². The summed E-state index contributed by atoms with van der Waals surface area (Å²) in [7, 11) is -1.22. The molecule has 2 atom stereocenters. The zero-order valence-electron chi connectivity index (χ0n) is 10.8. The molecule has 1 aromatic rings. The van der Waals surface area contributed by atoms with Gasteiger partial charge in [0.15, 0.2) is 5.85 Å². The fourth-order valence-corrected chi connectivity index (χ4v) is 2.94. The first-order chi connectivity index (χ1) is 8.85. The van der Waals surface area contributed by atoms with Crippen LogP contribution in [-0.4, -0.2) is 30.1 Å². The van der Waals surface area contributed by atoms with E-state index in [0.29, 0.717) is 5.56 Å². The lowest BCUT2D eigenvalue weighted by Gasteiger charge is -2.25. The van der Waals surface area contributed by atoms with Crippen molar-refractivity contribution in [2.45, 2.75) is 18.7 Å². The van der Waals surface area contributed by atoms with Crippen molar-refractivity contribution in [2.75, 3.05) is 14.2 Å². The molecule has 0 bridgehead atoms. The lowest BCUT2D eigenvalue weighted by atomic mass is 10.0. The number of nitro benzene ring substituents is 1. The first-order valence-corrected chi connectivity index (χ1v) is 7.10. The lowest BCUT2D eigenvalue weighted by molar-refractivity contribution is -0.384. The molecule has 0 fully saturated rings. The summed E-state index contributed by atoms with van der Waals surface area (Å²) >= 11 is 0. The van der Waals surface area contributed by atoms with Gasteiger partial charge in [-0.15, -0.1) is 0 Å². The average Bonchev–Trinajstić information content (AvgIpc) is 2.44. The van der Waals surface area contributed by atoms with Crippen LogP contribution in [0.5, 0.6) is 0 Å². The van der Waals surface area contributed by atoms with E-state index in [-0.39, 0.29) is 5.69 Å². The minimum Gasteiger partial charge on any atom is -0.380 e. The first kappa shape index (κ1) is 15.8. The summed E-state index contributed by atoms with van der Waals surface area (Å²) in [5.41, 5.74) is 0.555. The molecule has 0 saturated heterocycles. The highest BCUT2D eigenvalue weighted by atomic mass is 31.2. The maximum atomic E-state index is 12.0. The number of hydrogen-bond donors (Lipinski definition) is 1. The maximum Gasteiger partial charge on any atom is 0.358 e. The molecular weight excluding hydrogens is 273 g/mol. The van der Waals surface area contributed by atoms with Crippen molar-refractivity contribution in [3.63, 3.8) is 0 Å². The fourth-order valence-electron chi connectivity index (χ4n) is 1.64. The highest BCUT2D eigenvalue weighted by Gasteiger charge is 2.37. The van der Waals surface area contributed by atoms with Gasteiger partial charge in [-0.3, -0.25) is 14.7 Å². The third kappa shape index (κ3) is 3.39. The van der Waals surface area contributed by atoms with E-state index in [1.165, 1.54) is 38.5 Å². The van der Waals surface area contributed by atoms with E-state index in [0.717, 1.165) is 0 Å². The summed E-state index contributed by atoms with van der Waals surface area (Å²) in [5.74, 6) is -1.89. The van der Waals surface area contributed by atoms with Gasteiger partial charge in [-0.25, -0.2) is 0 Å². The third-order valence-electron chi connectivity index (χ3n) is 2.91. The van der Waals surface area contributed by atoms with Crippen LogP contribution in [-0.2, 0) is 13.6 Å². The Balaban J connectivity index is 2.97. The predicted molar refractivity (Wildman–Crippen MR) is 69.1 cm³/mol. The number of aliphatic hydroxyl groups excluding tert-OH is 1. The number of hydrogen-bond acceptors (Lipinski definition) is 6. The Bertz CT molecular complexity index is 480. The van der Waals surface area contributed by atoms with Gasteiger partial charge in [-0.05, 0) is 5.56 Å². The van der Waals surface area contributed by atoms with Gasteiger partial charge in [0.2, 0.25) is 0 Å². The summed E-state index contributed by atoms with van der Waals surface area (Å²) < 4.78 is 21.5. The van der Waals surface area contributed by atoms with Crippen molar-refractivity contribution in [1.29, 1.82) is 0 Å². The Morgan fingerprint density at radius 3 is 2.11 bits per heavy atom. The third-order valence-corrected chi connectivity index (χ3v) is 5.02. The molecule has 7 nitrogen and oxygen atoms in total. The van der Waals surface area contributed by atoms with E-state index in [1.54, 1.807) is 6.92 Å². The molecule has 0 aliphatic carbocycles. The molecule has 0 radical (unpaired) electrons. The Labute approximate surface area is 110 Å². The number of nitro groups is 1.